The fourth-order valence-electron chi connectivity index (χ4n) is 4.67. The second kappa shape index (κ2) is 13.6. The van der Waals surface area contributed by atoms with Gasteiger partial charge in [-0.1, -0.05) is 43.2 Å². The minimum atomic E-state index is -1.43. The molecule has 1 fully saturated rings. The van der Waals surface area contributed by atoms with Gasteiger partial charge in [-0.05, 0) is 61.1 Å². The molecule has 0 amide bonds. The summed E-state index contributed by atoms with van der Waals surface area (Å²) in [5, 5.41) is 34.3. The second-order valence-electron chi connectivity index (χ2n) is 9.66. The van der Waals surface area contributed by atoms with Gasteiger partial charge in [-0.15, -0.1) is 0 Å². The van der Waals surface area contributed by atoms with E-state index in [-0.39, 0.29) is 18.0 Å². The Hall–Kier alpha value is -4.42. The number of aromatic nitrogens is 2. The molecule has 2 aromatic carbocycles. The Morgan fingerprint density at radius 1 is 1.15 bits per heavy atom. The number of non-ortho nitro benzene ring substituents is 1. The van der Waals surface area contributed by atoms with Crippen LogP contribution in [0.5, 0.6) is 6.01 Å². The minimum absolute atomic E-state index is 0.0499. The van der Waals surface area contributed by atoms with E-state index < -0.39 is 34.5 Å². The number of aliphatic hydroxyl groups excluding tert-OH is 1. The van der Waals surface area contributed by atoms with Gasteiger partial charge in [-0.25, -0.2) is 9.59 Å². The molecular weight excluding hydrogens is 520 g/mol. The van der Waals surface area contributed by atoms with Crippen LogP contribution >= 0.6 is 0 Å². The van der Waals surface area contributed by atoms with Gasteiger partial charge in [0.25, 0.3) is 11.6 Å². The first kappa shape index (κ1) is 28.6. The number of carboxylic acid groups (broad SMARTS) is 1. The Balaban J connectivity index is 1.23. The first-order valence-corrected chi connectivity index (χ1v) is 13.0. The Labute approximate surface area is 230 Å². The summed E-state index contributed by atoms with van der Waals surface area (Å²) in [5.74, 6) is -2.06. The lowest BCUT2D eigenvalue weighted by molar-refractivity contribution is -0.384. The summed E-state index contributed by atoms with van der Waals surface area (Å²) in [7, 11) is 0. The van der Waals surface area contributed by atoms with E-state index in [2.05, 4.69) is 27.2 Å². The summed E-state index contributed by atoms with van der Waals surface area (Å²) in [4.78, 5) is 40.6. The third kappa shape index (κ3) is 8.04. The van der Waals surface area contributed by atoms with Crippen molar-refractivity contribution >= 4 is 17.6 Å². The van der Waals surface area contributed by atoms with E-state index >= 15 is 0 Å². The lowest BCUT2D eigenvalue weighted by Gasteiger charge is -2.32. The van der Waals surface area contributed by atoms with Crippen LogP contribution in [0.3, 0.4) is 0 Å². The van der Waals surface area contributed by atoms with Gasteiger partial charge in [-0.2, -0.15) is 4.98 Å². The summed E-state index contributed by atoms with van der Waals surface area (Å²) in [6, 6.07) is 15.2. The molecule has 12 heteroatoms. The van der Waals surface area contributed by atoms with E-state index in [9.17, 15) is 29.9 Å². The molecule has 1 aromatic heterocycles. The van der Waals surface area contributed by atoms with Crippen LogP contribution in [0.15, 0.2) is 70.8 Å². The van der Waals surface area contributed by atoms with Gasteiger partial charge in [0.2, 0.25) is 0 Å². The van der Waals surface area contributed by atoms with Crippen molar-refractivity contribution < 1.29 is 34.0 Å². The number of carbonyl (C=O) groups is 2. The number of aliphatic carboxylic acids is 1. The van der Waals surface area contributed by atoms with Crippen LogP contribution in [0.4, 0.5) is 5.69 Å². The lowest BCUT2D eigenvalue weighted by Crippen LogP contribution is -2.33. The van der Waals surface area contributed by atoms with Crippen molar-refractivity contribution in [3.63, 3.8) is 0 Å². The van der Waals surface area contributed by atoms with Gasteiger partial charge in [0.05, 0.1) is 16.6 Å². The van der Waals surface area contributed by atoms with Gasteiger partial charge in [0, 0.05) is 30.3 Å². The van der Waals surface area contributed by atoms with Crippen LogP contribution < -0.4 is 4.74 Å². The van der Waals surface area contributed by atoms with Crippen LogP contribution in [0.25, 0.3) is 11.5 Å². The molecule has 12 nitrogen and oxygen atoms in total. The first-order valence-electron chi connectivity index (χ1n) is 13.0. The number of rotatable bonds is 12. The summed E-state index contributed by atoms with van der Waals surface area (Å²) in [6.45, 7) is 2.92. The number of hydrogen-bond acceptors (Lipinski definition) is 10. The van der Waals surface area contributed by atoms with Crippen molar-refractivity contribution in [3.8, 4) is 17.5 Å². The van der Waals surface area contributed by atoms with Crippen molar-refractivity contribution in [2.45, 2.75) is 44.8 Å². The zero-order valence-corrected chi connectivity index (χ0v) is 21.7. The average molecular weight is 551 g/mol. The second-order valence-corrected chi connectivity index (χ2v) is 9.66. The number of ether oxygens (including phenoxy) is 1. The van der Waals surface area contributed by atoms with Crippen LogP contribution in [-0.2, 0) is 16.1 Å². The number of carboxylic acids is 1. The number of nitro benzene ring substituents is 1. The first-order chi connectivity index (χ1) is 19.3. The number of hydrogen-bond donors (Lipinski definition) is 2. The highest BCUT2D eigenvalue weighted by molar-refractivity contribution is 5.96. The molecule has 1 aliphatic rings. The van der Waals surface area contributed by atoms with E-state index in [1.165, 1.54) is 29.8 Å². The van der Waals surface area contributed by atoms with Crippen molar-refractivity contribution in [1.82, 2.24) is 15.0 Å². The highest BCUT2D eigenvalue weighted by Gasteiger charge is 2.23. The molecule has 4 rings (SSSR count). The van der Waals surface area contributed by atoms with Gasteiger partial charge < -0.3 is 19.5 Å². The third-order valence-corrected chi connectivity index (χ3v) is 6.85. The van der Waals surface area contributed by atoms with Gasteiger partial charge in [0.15, 0.2) is 0 Å². The molecule has 210 valence electrons. The molecule has 0 bridgehead atoms. The van der Waals surface area contributed by atoms with E-state index in [1.54, 1.807) is 0 Å². The highest BCUT2D eigenvalue weighted by Crippen LogP contribution is 2.25. The molecule has 0 saturated carbocycles. The lowest BCUT2D eigenvalue weighted by atomic mass is 9.90. The van der Waals surface area contributed by atoms with E-state index in [0.29, 0.717) is 24.0 Å². The van der Waals surface area contributed by atoms with Crippen molar-refractivity contribution in [2.24, 2.45) is 5.92 Å². The zero-order chi connectivity index (χ0) is 28.5. The molecule has 2 N–H and O–H groups in total. The number of benzene rings is 2. The number of nitrogens with zero attached hydrogens (tertiary/aromatic N) is 4. The molecule has 2 heterocycles. The Kier molecular flexibility index (Phi) is 9.71. The maximum atomic E-state index is 12.3. The number of nitro groups is 1. The summed E-state index contributed by atoms with van der Waals surface area (Å²) < 4.78 is 9.94. The fraction of sp³-hybridized carbons (Fsp3) is 0.357. The molecular formula is C28H30N4O8. The number of esters is 1. The average Bonchev–Trinajstić information content (AvgIpc) is 3.41. The molecule has 1 unspecified atom stereocenters. The molecule has 0 spiro atoms. The van der Waals surface area contributed by atoms with Gasteiger partial charge in [0.1, 0.15) is 0 Å². The molecule has 1 saturated heterocycles. The van der Waals surface area contributed by atoms with E-state index in [0.717, 1.165) is 38.9 Å². The van der Waals surface area contributed by atoms with Crippen LogP contribution in [0.1, 0.15) is 37.7 Å². The Morgan fingerprint density at radius 2 is 1.85 bits per heavy atom. The maximum Gasteiger partial charge on any atom is 0.362 e. The summed E-state index contributed by atoms with van der Waals surface area (Å²) in [5.41, 5.74) is 1.05. The van der Waals surface area contributed by atoms with Crippen LogP contribution in [0.2, 0.25) is 0 Å². The number of carbonyl (C=O) groups excluding carboxylic acids is 1. The van der Waals surface area contributed by atoms with Crippen molar-refractivity contribution in [1.29, 1.82) is 0 Å². The third-order valence-electron chi connectivity index (χ3n) is 6.85. The normalized spacial score (nSPS) is 15.5. The van der Waals surface area contributed by atoms with Gasteiger partial charge in [-0.3, -0.25) is 15.0 Å². The quantitative estimate of drug-likeness (QED) is 0.145. The topological polar surface area (TPSA) is 169 Å². The Bertz CT molecular complexity index is 1330. The van der Waals surface area contributed by atoms with E-state index in [4.69, 9.17) is 9.26 Å². The molecule has 40 heavy (non-hydrogen) atoms. The van der Waals surface area contributed by atoms with Gasteiger partial charge >= 0.3 is 17.9 Å². The predicted octanol–water partition coefficient (Wildman–Crippen LogP) is 4.00. The van der Waals surface area contributed by atoms with Crippen molar-refractivity contribution in [2.75, 3.05) is 13.1 Å². The smallest absolute Gasteiger partial charge is 0.362 e. The predicted molar refractivity (Wildman–Crippen MR) is 142 cm³/mol. The standard InChI is InChI=1S/C28H30N4O8/c33-24(8-4-7-19-13-15-31(16-14-19)18-20-5-2-1-3-6-20)23(27(35)36)17-25(34)39-28-29-26(40-30-28)21-9-11-22(12-10-21)32(37)38/h1-3,5-6,9-12,17,19,24,33H,4,7-8,13-16,18H2,(H,35,36)/b23-17+. The monoisotopic (exact) mass is 550 g/mol. The largest absolute Gasteiger partial charge is 0.478 e. The van der Waals surface area contributed by atoms with Crippen LogP contribution in [0, 0.1) is 16.0 Å². The number of likely N-dealkylation sites (tertiary alicyclic amines) is 1. The maximum absolute atomic E-state index is 12.3. The van der Waals surface area contributed by atoms with Crippen molar-refractivity contribution in [3.05, 3.63) is 81.9 Å². The van der Waals surface area contributed by atoms with E-state index in [1.807, 2.05) is 18.2 Å². The number of aliphatic hydroxyl groups is 1. The SMILES string of the molecule is O=C(/C=C(/C(=O)O)C(O)CCCC1CCN(Cc2ccccc2)CC1)Oc1noc(-c2ccc([N+](=O)[O-])cc2)n1. The minimum Gasteiger partial charge on any atom is -0.478 e. The molecule has 3 aromatic rings. The molecule has 1 aliphatic heterocycles. The highest BCUT2D eigenvalue weighted by atomic mass is 16.6. The summed E-state index contributed by atoms with van der Waals surface area (Å²) in [6.07, 6.45) is 3.13. The molecule has 0 aliphatic carbocycles. The zero-order valence-electron chi connectivity index (χ0n) is 21.7. The van der Waals surface area contributed by atoms with Crippen LogP contribution in [-0.4, -0.2) is 61.3 Å². The number of piperidine rings is 1. The molecule has 0 radical (unpaired) electrons. The molecule has 1 atom stereocenters. The fourth-order valence-corrected chi connectivity index (χ4v) is 4.67. The summed E-state index contributed by atoms with van der Waals surface area (Å²) >= 11 is 0. The Morgan fingerprint density at radius 3 is 2.50 bits per heavy atom.